The summed E-state index contributed by atoms with van der Waals surface area (Å²) in [5.41, 5.74) is 0.606. The van der Waals surface area contributed by atoms with Gasteiger partial charge in [0.1, 0.15) is 5.75 Å². The van der Waals surface area contributed by atoms with E-state index in [-0.39, 0.29) is 18.1 Å². The number of carbonyl (C=O) groups is 1. The third-order valence-corrected chi connectivity index (χ3v) is 4.30. The number of benzene rings is 2. The van der Waals surface area contributed by atoms with E-state index in [2.05, 4.69) is 5.32 Å². The third-order valence-electron chi connectivity index (χ3n) is 4.30. The summed E-state index contributed by atoms with van der Waals surface area (Å²) < 4.78 is 11.4. The van der Waals surface area contributed by atoms with Crippen molar-refractivity contribution in [2.24, 2.45) is 0 Å². The van der Waals surface area contributed by atoms with Gasteiger partial charge >= 0.3 is 0 Å². The summed E-state index contributed by atoms with van der Waals surface area (Å²) in [4.78, 5) is 12.9. The van der Waals surface area contributed by atoms with Crippen molar-refractivity contribution in [3.63, 3.8) is 0 Å². The average molecular weight is 313 g/mol. The van der Waals surface area contributed by atoms with E-state index in [0.29, 0.717) is 17.9 Å². The quantitative estimate of drug-likeness (QED) is 0.918. The maximum atomic E-state index is 12.9. The fourth-order valence-electron chi connectivity index (χ4n) is 3.13. The van der Waals surface area contributed by atoms with E-state index >= 15 is 0 Å². The Labute approximate surface area is 136 Å². The van der Waals surface area contributed by atoms with Crippen LogP contribution in [0, 0.1) is 0 Å². The number of hydrogen-bond donors (Lipinski definition) is 1. The molecule has 0 unspecified atom stereocenters. The molecule has 3 rings (SSSR count). The van der Waals surface area contributed by atoms with Crippen molar-refractivity contribution < 1.29 is 14.3 Å². The minimum absolute atomic E-state index is 0.0153. The second-order valence-electron chi connectivity index (χ2n) is 5.91. The summed E-state index contributed by atoms with van der Waals surface area (Å²) in [6.45, 7) is 5.23. The van der Waals surface area contributed by atoms with Crippen molar-refractivity contribution in [2.75, 3.05) is 13.2 Å². The van der Waals surface area contributed by atoms with Crippen molar-refractivity contribution in [1.29, 1.82) is 0 Å². The van der Waals surface area contributed by atoms with Crippen LogP contribution in [0.1, 0.15) is 37.0 Å². The van der Waals surface area contributed by atoms with Crippen molar-refractivity contribution in [1.82, 2.24) is 5.32 Å². The molecule has 0 bridgehead atoms. The molecule has 0 radical (unpaired) electrons. The Morgan fingerprint density at radius 3 is 2.91 bits per heavy atom. The summed E-state index contributed by atoms with van der Waals surface area (Å²) in [5.74, 6) is 0.525. The summed E-state index contributed by atoms with van der Waals surface area (Å²) in [7, 11) is 0. The Hall–Kier alpha value is -2.07. The Morgan fingerprint density at radius 1 is 1.35 bits per heavy atom. The molecule has 0 spiro atoms. The number of hydrogen-bond acceptors (Lipinski definition) is 3. The first-order valence-electron chi connectivity index (χ1n) is 8.27. The van der Waals surface area contributed by atoms with E-state index in [4.69, 9.17) is 9.47 Å². The summed E-state index contributed by atoms with van der Waals surface area (Å²) in [6, 6.07) is 11.7. The van der Waals surface area contributed by atoms with Gasteiger partial charge in [0.15, 0.2) is 0 Å². The lowest BCUT2D eigenvalue weighted by molar-refractivity contribution is 0.0711. The zero-order valence-electron chi connectivity index (χ0n) is 13.7. The topological polar surface area (TPSA) is 47.6 Å². The molecule has 1 aliphatic rings. The van der Waals surface area contributed by atoms with Crippen LogP contribution in [-0.4, -0.2) is 31.3 Å². The number of nitrogens with one attached hydrogen (secondary N) is 1. The normalized spacial score (nSPS) is 18.8. The molecule has 1 saturated heterocycles. The maximum Gasteiger partial charge on any atom is 0.255 e. The molecular weight excluding hydrogens is 290 g/mol. The van der Waals surface area contributed by atoms with Crippen LogP contribution >= 0.6 is 0 Å². The lowest BCUT2D eigenvalue weighted by atomic mass is 10.0. The van der Waals surface area contributed by atoms with E-state index in [9.17, 15) is 4.79 Å². The first-order valence-corrected chi connectivity index (χ1v) is 8.27. The van der Waals surface area contributed by atoms with Gasteiger partial charge in [-0.15, -0.1) is 0 Å². The molecule has 1 fully saturated rings. The van der Waals surface area contributed by atoms with Crippen LogP contribution in [0.4, 0.5) is 0 Å². The Bertz CT molecular complexity index is 692. The van der Waals surface area contributed by atoms with Gasteiger partial charge in [0.2, 0.25) is 0 Å². The van der Waals surface area contributed by atoms with Crippen LogP contribution in [0.3, 0.4) is 0 Å². The highest BCUT2D eigenvalue weighted by molar-refractivity contribution is 6.09. The highest BCUT2D eigenvalue weighted by atomic mass is 16.5. The molecule has 0 saturated carbocycles. The number of fused-ring (bicyclic) bond motifs is 1. The van der Waals surface area contributed by atoms with Crippen LogP contribution in [0.15, 0.2) is 36.4 Å². The van der Waals surface area contributed by atoms with Crippen LogP contribution in [-0.2, 0) is 4.74 Å². The lowest BCUT2D eigenvalue weighted by Crippen LogP contribution is -2.41. The van der Waals surface area contributed by atoms with Gasteiger partial charge in [-0.25, -0.2) is 0 Å². The largest absolute Gasteiger partial charge is 0.493 e. The second kappa shape index (κ2) is 7.01. The molecule has 2 aromatic rings. The minimum Gasteiger partial charge on any atom is -0.493 e. The van der Waals surface area contributed by atoms with Crippen LogP contribution < -0.4 is 10.1 Å². The van der Waals surface area contributed by atoms with Crippen molar-refractivity contribution >= 4 is 16.7 Å². The molecule has 0 aliphatic carbocycles. The molecule has 1 amide bonds. The van der Waals surface area contributed by atoms with E-state index in [0.717, 1.165) is 30.2 Å². The first-order chi connectivity index (χ1) is 11.2. The van der Waals surface area contributed by atoms with Gasteiger partial charge in [-0.3, -0.25) is 4.79 Å². The predicted molar refractivity (Wildman–Crippen MR) is 91.0 cm³/mol. The van der Waals surface area contributed by atoms with E-state index in [1.807, 2.05) is 50.2 Å². The van der Waals surface area contributed by atoms with Crippen molar-refractivity contribution in [3.05, 3.63) is 42.0 Å². The standard InChI is InChI=1S/C19H23NO3/c1-3-22-17-11-10-14-7-4-5-8-15(14)18(17)19(21)20-13(2)16-9-6-12-23-16/h4-5,7-8,10-11,13,16H,3,6,9,12H2,1-2H3,(H,20,21)/t13-,16-/m0/s1. The molecular formula is C19H23NO3. The second-order valence-corrected chi connectivity index (χ2v) is 5.91. The minimum atomic E-state index is -0.103. The average Bonchev–Trinajstić information content (AvgIpc) is 3.09. The number of carbonyl (C=O) groups excluding carboxylic acids is 1. The fraction of sp³-hybridized carbons (Fsp3) is 0.421. The molecule has 4 nitrogen and oxygen atoms in total. The molecule has 1 aliphatic heterocycles. The monoisotopic (exact) mass is 313 g/mol. The molecule has 122 valence electrons. The zero-order valence-corrected chi connectivity index (χ0v) is 13.7. The molecule has 2 atom stereocenters. The van der Waals surface area contributed by atoms with E-state index < -0.39 is 0 Å². The van der Waals surface area contributed by atoms with Crippen LogP contribution in [0.5, 0.6) is 5.75 Å². The highest BCUT2D eigenvalue weighted by Gasteiger charge is 2.25. The number of amides is 1. The Kier molecular flexibility index (Phi) is 4.82. The Balaban J connectivity index is 1.92. The van der Waals surface area contributed by atoms with Crippen molar-refractivity contribution in [2.45, 2.75) is 38.8 Å². The van der Waals surface area contributed by atoms with Crippen LogP contribution in [0.2, 0.25) is 0 Å². The van der Waals surface area contributed by atoms with E-state index in [1.54, 1.807) is 0 Å². The summed E-state index contributed by atoms with van der Waals surface area (Å²) in [6.07, 6.45) is 2.16. The summed E-state index contributed by atoms with van der Waals surface area (Å²) in [5, 5.41) is 5.03. The van der Waals surface area contributed by atoms with Gasteiger partial charge in [-0.05, 0) is 43.5 Å². The molecule has 23 heavy (non-hydrogen) atoms. The molecule has 1 N–H and O–H groups in total. The van der Waals surface area contributed by atoms with Gasteiger partial charge in [0.05, 0.1) is 24.3 Å². The van der Waals surface area contributed by atoms with Gasteiger partial charge in [0, 0.05) is 6.61 Å². The zero-order chi connectivity index (χ0) is 16.2. The highest BCUT2D eigenvalue weighted by Crippen LogP contribution is 2.28. The SMILES string of the molecule is CCOc1ccc2ccccc2c1C(=O)N[C@@H](C)[C@@H]1CCCO1. The summed E-state index contributed by atoms with van der Waals surface area (Å²) >= 11 is 0. The molecule has 2 aromatic carbocycles. The molecule has 1 heterocycles. The Morgan fingerprint density at radius 2 is 2.17 bits per heavy atom. The third kappa shape index (κ3) is 3.32. The van der Waals surface area contributed by atoms with Gasteiger partial charge in [-0.1, -0.05) is 30.3 Å². The molecule has 4 heteroatoms. The fourth-order valence-corrected chi connectivity index (χ4v) is 3.13. The van der Waals surface area contributed by atoms with Gasteiger partial charge in [-0.2, -0.15) is 0 Å². The number of rotatable bonds is 5. The smallest absolute Gasteiger partial charge is 0.255 e. The number of ether oxygens (including phenoxy) is 2. The molecule has 0 aromatic heterocycles. The first kappa shape index (κ1) is 15.8. The lowest BCUT2D eigenvalue weighted by Gasteiger charge is -2.21. The maximum absolute atomic E-state index is 12.9. The van der Waals surface area contributed by atoms with E-state index in [1.165, 1.54) is 0 Å². The van der Waals surface area contributed by atoms with Crippen molar-refractivity contribution in [3.8, 4) is 5.75 Å². The van der Waals surface area contributed by atoms with Crippen LogP contribution in [0.25, 0.3) is 10.8 Å². The van der Waals surface area contributed by atoms with Gasteiger partial charge in [0.25, 0.3) is 5.91 Å². The van der Waals surface area contributed by atoms with Gasteiger partial charge < -0.3 is 14.8 Å². The predicted octanol–water partition coefficient (Wildman–Crippen LogP) is 3.54.